The van der Waals surface area contributed by atoms with Gasteiger partial charge in [-0.25, -0.2) is 0 Å². The molecule has 2 atom stereocenters. The predicted molar refractivity (Wildman–Crippen MR) is 81.5 cm³/mol. The van der Waals surface area contributed by atoms with Crippen LogP contribution in [0.4, 0.5) is 0 Å². The summed E-state index contributed by atoms with van der Waals surface area (Å²) < 4.78 is 5.65. The largest absolute Gasteiger partial charge is 0.356 e. The molecule has 1 saturated heterocycles. The fraction of sp³-hybridized carbons (Fsp3) is 0.533. The molecule has 0 spiro atoms. The van der Waals surface area contributed by atoms with Crippen LogP contribution in [0.5, 0.6) is 0 Å². The van der Waals surface area contributed by atoms with Crippen LogP contribution in [0.15, 0.2) is 30.3 Å². The molecular formula is C15H23ClN2O2. The first kappa shape index (κ1) is 17.0. The van der Waals surface area contributed by atoms with Crippen molar-refractivity contribution < 1.29 is 9.53 Å². The Morgan fingerprint density at radius 1 is 1.30 bits per heavy atom. The van der Waals surface area contributed by atoms with E-state index in [0.717, 1.165) is 24.8 Å². The minimum absolute atomic E-state index is 0. The number of hydrogen-bond acceptors (Lipinski definition) is 3. The standard InChI is InChI=1S/C15H22N2O2.ClH/c1-12-6-5-9-14(16)15(18)17(12)11-19-10-13-7-3-2-4-8-13;/h2-4,7-8,12,14H,5-6,9-11,16H2,1H3;1H. The highest BCUT2D eigenvalue weighted by Crippen LogP contribution is 2.17. The molecule has 20 heavy (non-hydrogen) atoms. The number of ether oxygens (including phenoxy) is 1. The first-order valence-electron chi connectivity index (χ1n) is 6.86. The van der Waals surface area contributed by atoms with Crippen LogP contribution >= 0.6 is 12.4 Å². The zero-order valence-electron chi connectivity index (χ0n) is 11.8. The van der Waals surface area contributed by atoms with Crippen LogP contribution in [0.3, 0.4) is 0 Å². The fourth-order valence-corrected chi connectivity index (χ4v) is 2.37. The van der Waals surface area contributed by atoms with Gasteiger partial charge in [-0.2, -0.15) is 0 Å². The molecule has 0 aliphatic carbocycles. The Morgan fingerprint density at radius 3 is 2.70 bits per heavy atom. The zero-order valence-corrected chi connectivity index (χ0v) is 12.6. The van der Waals surface area contributed by atoms with Gasteiger partial charge < -0.3 is 15.4 Å². The van der Waals surface area contributed by atoms with Crippen molar-refractivity contribution in [1.82, 2.24) is 4.90 Å². The van der Waals surface area contributed by atoms with Gasteiger partial charge in [-0.3, -0.25) is 4.79 Å². The van der Waals surface area contributed by atoms with Crippen LogP contribution in [-0.4, -0.2) is 29.6 Å². The molecule has 0 saturated carbocycles. The Hall–Kier alpha value is -1.10. The third-order valence-corrected chi connectivity index (χ3v) is 3.61. The normalized spacial score (nSPS) is 23.1. The van der Waals surface area contributed by atoms with Crippen molar-refractivity contribution in [2.45, 2.75) is 44.9 Å². The molecule has 0 bridgehead atoms. The lowest BCUT2D eigenvalue weighted by Crippen LogP contribution is -2.46. The van der Waals surface area contributed by atoms with E-state index in [1.165, 1.54) is 0 Å². The molecule has 2 N–H and O–H groups in total. The van der Waals surface area contributed by atoms with Crippen molar-refractivity contribution in [1.29, 1.82) is 0 Å². The van der Waals surface area contributed by atoms with Crippen LogP contribution in [0.1, 0.15) is 31.7 Å². The molecule has 1 aromatic carbocycles. The van der Waals surface area contributed by atoms with Crippen molar-refractivity contribution in [3.8, 4) is 0 Å². The van der Waals surface area contributed by atoms with E-state index in [4.69, 9.17) is 10.5 Å². The number of halogens is 1. The average molecular weight is 299 g/mol. The summed E-state index contributed by atoms with van der Waals surface area (Å²) in [5, 5.41) is 0. The number of rotatable bonds is 4. The van der Waals surface area contributed by atoms with E-state index in [1.807, 2.05) is 30.3 Å². The SMILES string of the molecule is CC1CCCC(N)C(=O)N1COCc1ccccc1.Cl. The Bertz CT molecular complexity index is 414. The molecule has 112 valence electrons. The third-order valence-electron chi connectivity index (χ3n) is 3.61. The lowest BCUT2D eigenvalue weighted by atomic mass is 10.1. The summed E-state index contributed by atoms with van der Waals surface area (Å²) in [6, 6.07) is 9.80. The van der Waals surface area contributed by atoms with E-state index >= 15 is 0 Å². The second-order valence-electron chi connectivity index (χ2n) is 5.16. The topological polar surface area (TPSA) is 55.6 Å². The number of nitrogens with zero attached hydrogens (tertiary/aromatic N) is 1. The molecule has 2 unspecified atom stereocenters. The second kappa shape index (κ2) is 8.25. The molecule has 1 aromatic rings. The van der Waals surface area contributed by atoms with Crippen LogP contribution in [0, 0.1) is 0 Å². The summed E-state index contributed by atoms with van der Waals surface area (Å²) in [5.41, 5.74) is 6.98. The van der Waals surface area contributed by atoms with Gasteiger partial charge in [-0.15, -0.1) is 12.4 Å². The Balaban J connectivity index is 0.00000200. The zero-order chi connectivity index (χ0) is 13.7. The molecule has 1 heterocycles. The Labute approximate surface area is 126 Å². The van der Waals surface area contributed by atoms with Crippen molar-refractivity contribution >= 4 is 18.3 Å². The summed E-state index contributed by atoms with van der Waals surface area (Å²) in [6.45, 7) is 2.90. The van der Waals surface area contributed by atoms with Crippen molar-refractivity contribution in [2.24, 2.45) is 5.73 Å². The van der Waals surface area contributed by atoms with Gasteiger partial charge in [0.1, 0.15) is 6.73 Å². The molecule has 5 heteroatoms. The van der Waals surface area contributed by atoms with Crippen molar-refractivity contribution in [2.75, 3.05) is 6.73 Å². The van der Waals surface area contributed by atoms with Gasteiger partial charge >= 0.3 is 0 Å². The van der Waals surface area contributed by atoms with Gasteiger partial charge in [0, 0.05) is 6.04 Å². The number of nitrogens with two attached hydrogens (primary N) is 1. The predicted octanol–water partition coefficient (Wildman–Crippen LogP) is 2.31. The highest BCUT2D eigenvalue weighted by Gasteiger charge is 2.28. The number of hydrogen-bond donors (Lipinski definition) is 1. The first-order chi connectivity index (χ1) is 9.18. The van der Waals surface area contributed by atoms with Crippen LogP contribution < -0.4 is 5.73 Å². The third kappa shape index (κ3) is 4.47. The molecule has 0 radical (unpaired) electrons. The summed E-state index contributed by atoms with van der Waals surface area (Å²) in [7, 11) is 0. The van der Waals surface area contributed by atoms with Gasteiger partial charge in [0.25, 0.3) is 0 Å². The van der Waals surface area contributed by atoms with Crippen molar-refractivity contribution in [3.05, 3.63) is 35.9 Å². The smallest absolute Gasteiger partial charge is 0.241 e. The average Bonchev–Trinajstić information content (AvgIpc) is 2.54. The maximum absolute atomic E-state index is 12.1. The van der Waals surface area contributed by atoms with E-state index < -0.39 is 0 Å². The molecule has 4 nitrogen and oxygen atoms in total. The van der Waals surface area contributed by atoms with Crippen molar-refractivity contribution in [3.63, 3.8) is 0 Å². The van der Waals surface area contributed by atoms with Gasteiger partial charge in [0.15, 0.2) is 0 Å². The molecule has 0 aromatic heterocycles. The summed E-state index contributed by atoms with van der Waals surface area (Å²) in [5.74, 6) is 0.0121. The lowest BCUT2D eigenvalue weighted by molar-refractivity contribution is -0.140. The van der Waals surface area contributed by atoms with Gasteiger partial charge in [0.05, 0.1) is 12.6 Å². The van der Waals surface area contributed by atoms with E-state index in [1.54, 1.807) is 4.90 Å². The van der Waals surface area contributed by atoms with Gasteiger partial charge in [-0.1, -0.05) is 30.3 Å². The minimum Gasteiger partial charge on any atom is -0.356 e. The van der Waals surface area contributed by atoms with E-state index in [-0.39, 0.29) is 30.4 Å². The number of likely N-dealkylation sites (tertiary alicyclic amines) is 1. The second-order valence-corrected chi connectivity index (χ2v) is 5.16. The molecule has 1 aliphatic rings. The summed E-state index contributed by atoms with van der Waals surface area (Å²) >= 11 is 0. The quantitative estimate of drug-likeness (QED) is 0.928. The molecule has 1 aliphatic heterocycles. The van der Waals surface area contributed by atoms with Crippen LogP contribution in [-0.2, 0) is 16.1 Å². The number of carbonyl (C=O) groups is 1. The highest BCUT2D eigenvalue weighted by molar-refractivity contribution is 5.85. The van der Waals surface area contributed by atoms with Crippen LogP contribution in [0.2, 0.25) is 0 Å². The molecular weight excluding hydrogens is 276 g/mol. The van der Waals surface area contributed by atoms with E-state index in [9.17, 15) is 4.79 Å². The highest BCUT2D eigenvalue weighted by atomic mass is 35.5. The monoisotopic (exact) mass is 298 g/mol. The molecule has 1 fully saturated rings. The minimum atomic E-state index is -0.370. The van der Waals surface area contributed by atoms with E-state index in [2.05, 4.69) is 6.92 Å². The van der Waals surface area contributed by atoms with Crippen LogP contribution in [0.25, 0.3) is 0 Å². The Kier molecular flexibility index (Phi) is 6.99. The number of carbonyl (C=O) groups excluding carboxylic acids is 1. The van der Waals surface area contributed by atoms with Gasteiger partial charge in [-0.05, 0) is 31.7 Å². The summed E-state index contributed by atoms with van der Waals surface area (Å²) in [4.78, 5) is 13.9. The summed E-state index contributed by atoms with van der Waals surface area (Å²) in [6.07, 6.45) is 2.77. The maximum Gasteiger partial charge on any atom is 0.241 e. The number of benzene rings is 1. The Morgan fingerprint density at radius 2 is 2.00 bits per heavy atom. The van der Waals surface area contributed by atoms with E-state index in [0.29, 0.717) is 13.3 Å². The molecule has 1 amide bonds. The fourth-order valence-electron chi connectivity index (χ4n) is 2.37. The lowest BCUT2D eigenvalue weighted by Gasteiger charge is -2.28. The first-order valence-corrected chi connectivity index (χ1v) is 6.86. The maximum atomic E-state index is 12.1. The molecule has 2 rings (SSSR count). The number of amides is 1. The van der Waals surface area contributed by atoms with Gasteiger partial charge in [0.2, 0.25) is 5.91 Å².